The van der Waals surface area contributed by atoms with Gasteiger partial charge in [-0.1, -0.05) is 77.8 Å². The molecule has 2 amide bonds. The number of rotatable bonds is 3. The number of hydrogen-bond donors (Lipinski definition) is 1. The van der Waals surface area contributed by atoms with Gasteiger partial charge in [0.15, 0.2) is 5.54 Å². The average molecular weight is 484 g/mol. The highest BCUT2D eigenvalue weighted by molar-refractivity contribution is 6.31. The van der Waals surface area contributed by atoms with E-state index in [9.17, 15) is 9.59 Å². The summed E-state index contributed by atoms with van der Waals surface area (Å²) in [6.45, 7) is 4.78. The van der Waals surface area contributed by atoms with Crippen LogP contribution in [-0.4, -0.2) is 39.7 Å². The number of aryl methyl sites for hydroxylation is 1. The van der Waals surface area contributed by atoms with Gasteiger partial charge in [-0.3, -0.25) is 9.59 Å². The topological polar surface area (TPSA) is 56.4 Å². The third-order valence-corrected chi connectivity index (χ3v) is 7.94. The first-order valence-electron chi connectivity index (χ1n) is 11.9. The molecule has 2 aliphatic rings. The zero-order chi connectivity index (χ0) is 24.3. The molecule has 2 aliphatic heterocycles. The zero-order valence-electron chi connectivity index (χ0n) is 19.7. The summed E-state index contributed by atoms with van der Waals surface area (Å²) in [7, 11) is 0. The van der Waals surface area contributed by atoms with E-state index >= 15 is 0 Å². The Hall–Kier alpha value is -3.57. The predicted octanol–water partition coefficient (Wildman–Crippen LogP) is 5.36. The van der Waals surface area contributed by atoms with Crippen molar-refractivity contribution in [2.75, 3.05) is 13.1 Å². The fourth-order valence-electron chi connectivity index (χ4n) is 5.76. The van der Waals surface area contributed by atoms with E-state index in [-0.39, 0.29) is 24.3 Å². The molecular weight excluding hydrogens is 458 g/mol. The Morgan fingerprint density at radius 1 is 1.00 bits per heavy atom. The fraction of sp³-hybridized carbons (Fsp3) is 0.241. The number of H-pyrrole nitrogens is 1. The molecule has 3 aromatic carbocycles. The third-order valence-electron chi connectivity index (χ3n) is 7.59. The third kappa shape index (κ3) is 3.29. The molecule has 35 heavy (non-hydrogen) atoms. The number of hydrogen-bond acceptors (Lipinski definition) is 2. The number of aromatic amines is 1. The second-order valence-electron chi connectivity index (χ2n) is 9.76. The first kappa shape index (κ1) is 21.9. The van der Waals surface area contributed by atoms with Gasteiger partial charge in [-0.15, -0.1) is 0 Å². The Kier molecular flexibility index (Phi) is 5.01. The Labute approximate surface area is 209 Å². The largest absolute Gasteiger partial charge is 0.356 e. The SMILES string of the molecule is Cc1ccc(CN2CC(=O)N3C[C@@H](c4ccccc4Cl)c4c([nH]c5ccccc45)[C@@]3(C)C2=O)cc1. The lowest BCUT2D eigenvalue weighted by Gasteiger charge is -2.51. The molecule has 1 saturated heterocycles. The van der Waals surface area contributed by atoms with Crippen LogP contribution in [0.25, 0.3) is 10.9 Å². The van der Waals surface area contributed by atoms with Gasteiger partial charge in [0.25, 0.3) is 5.91 Å². The molecule has 4 aromatic rings. The van der Waals surface area contributed by atoms with Gasteiger partial charge in [-0.2, -0.15) is 0 Å². The van der Waals surface area contributed by atoms with Crippen LogP contribution in [0.4, 0.5) is 0 Å². The lowest BCUT2D eigenvalue weighted by atomic mass is 9.76. The number of para-hydroxylation sites is 1. The van der Waals surface area contributed by atoms with Crippen molar-refractivity contribution >= 4 is 34.3 Å². The monoisotopic (exact) mass is 483 g/mol. The predicted molar refractivity (Wildman–Crippen MR) is 137 cm³/mol. The molecule has 1 fully saturated rings. The molecular formula is C29H26ClN3O2. The van der Waals surface area contributed by atoms with E-state index in [1.807, 2.05) is 80.6 Å². The van der Waals surface area contributed by atoms with Gasteiger partial charge in [0.2, 0.25) is 5.91 Å². The maximum absolute atomic E-state index is 14.1. The van der Waals surface area contributed by atoms with Crippen LogP contribution in [0.15, 0.2) is 72.8 Å². The van der Waals surface area contributed by atoms with Crippen LogP contribution in [0.2, 0.25) is 5.02 Å². The van der Waals surface area contributed by atoms with Crippen LogP contribution >= 0.6 is 11.6 Å². The molecule has 1 N–H and O–H groups in total. The number of piperazine rings is 1. The van der Waals surface area contributed by atoms with Gasteiger partial charge in [0.05, 0.1) is 5.69 Å². The highest BCUT2D eigenvalue weighted by Gasteiger charge is 2.56. The maximum atomic E-state index is 14.1. The Morgan fingerprint density at radius 2 is 1.71 bits per heavy atom. The van der Waals surface area contributed by atoms with Crippen molar-refractivity contribution in [3.63, 3.8) is 0 Å². The average Bonchev–Trinajstić information content (AvgIpc) is 3.25. The minimum atomic E-state index is -1.12. The quantitative estimate of drug-likeness (QED) is 0.426. The number of fused-ring (bicyclic) bond motifs is 5. The minimum Gasteiger partial charge on any atom is -0.356 e. The molecule has 0 aliphatic carbocycles. The molecule has 6 rings (SSSR count). The Bertz CT molecular complexity index is 1480. The number of carbonyl (C=O) groups is 2. The number of aromatic nitrogens is 1. The van der Waals surface area contributed by atoms with Crippen molar-refractivity contribution in [2.24, 2.45) is 0 Å². The minimum absolute atomic E-state index is 0.0550. The van der Waals surface area contributed by atoms with E-state index in [1.165, 1.54) is 0 Å². The van der Waals surface area contributed by atoms with Gasteiger partial charge in [0.1, 0.15) is 6.54 Å². The number of benzene rings is 3. The van der Waals surface area contributed by atoms with Crippen LogP contribution in [0.5, 0.6) is 0 Å². The lowest BCUT2D eigenvalue weighted by molar-refractivity contribution is -0.166. The second kappa shape index (κ2) is 7.99. The molecule has 0 radical (unpaired) electrons. The summed E-state index contributed by atoms with van der Waals surface area (Å²) in [4.78, 5) is 34.7. The molecule has 1 aromatic heterocycles. The van der Waals surface area contributed by atoms with E-state index in [1.54, 1.807) is 9.80 Å². The summed E-state index contributed by atoms with van der Waals surface area (Å²) in [6, 6.07) is 24.0. The number of amides is 2. The number of nitrogens with zero attached hydrogens (tertiary/aromatic N) is 2. The number of carbonyl (C=O) groups excluding carboxylic acids is 2. The van der Waals surface area contributed by atoms with Crippen molar-refractivity contribution in [3.8, 4) is 0 Å². The summed E-state index contributed by atoms with van der Waals surface area (Å²) in [5.41, 5.74) is 4.79. The Morgan fingerprint density at radius 3 is 2.49 bits per heavy atom. The van der Waals surface area contributed by atoms with Crippen LogP contribution in [-0.2, 0) is 21.7 Å². The highest BCUT2D eigenvalue weighted by Crippen LogP contribution is 2.49. The van der Waals surface area contributed by atoms with Crippen LogP contribution in [0, 0.1) is 6.92 Å². The molecule has 5 nitrogen and oxygen atoms in total. The smallest absolute Gasteiger partial charge is 0.255 e. The molecule has 0 saturated carbocycles. The summed E-state index contributed by atoms with van der Waals surface area (Å²) >= 11 is 6.65. The van der Waals surface area contributed by atoms with Crippen molar-refractivity contribution in [3.05, 3.63) is 106 Å². The summed E-state index contributed by atoms with van der Waals surface area (Å²) in [6.07, 6.45) is 0. The fourth-order valence-corrected chi connectivity index (χ4v) is 6.02. The zero-order valence-corrected chi connectivity index (χ0v) is 20.5. The molecule has 176 valence electrons. The normalized spacial score (nSPS) is 21.9. The van der Waals surface area contributed by atoms with E-state index in [4.69, 9.17) is 11.6 Å². The van der Waals surface area contributed by atoms with Crippen molar-refractivity contribution in [1.29, 1.82) is 0 Å². The second-order valence-corrected chi connectivity index (χ2v) is 10.2. The van der Waals surface area contributed by atoms with Crippen molar-refractivity contribution in [2.45, 2.75) is 31.8 Å². The standard InChI is InChI=1S/C29H26ClN3O2/c1-18-11-13-19(14-12-18)15-32-17-25(34)33-16-22(20-7-3-5-9-23(20)30)26-21-8-4-6-10-24(21)31-27(26)29(33,2)28(32)35/h3-14,22,31H,15-17H2,1-2H3/t22-,29-/m0/s1. The van der Waals surface area contributed by atoms with E-state index in [0.717, 1.165) is 38.9 Å². The van der Waals surface area contributed by atoms with Crippen LogP contribution in [0.1, 0.15) is 40.8 Å². The van der Waals surface area contributed by atoms with Gasteiger partial charge >= 0.3 is 0 Å². The maximum Gasteiger partial charge on any atom is 0.255 e. The lowest BCUT2D eigenvalue weighted by Crippen LogP contribution is -2.67. The number of nitrogens with one attached hydrogen (secondary N) is 1. The first-order valence-corrected chi connectivity index (χ1v) is 12.3. The first-order chi connectivity index (χ1) is 16.9. The highest BCUT2D eigenvalue weighted by atomic mass is 35.5. The van der Waals surface area contributed by atoms with Crippen LogP contribution in [0.3, 0.4) is 0 Å². The van der Waals surface area contributed by atoms with E-state index in [2.05, 4.69) is 11.1 Å². The van der Waals surface area contributed by atoms with E-state index < -0.39 is 5.54 Å². The van der Waals surface area contributed by atoms with Crippen molar-refractivity contribution in [1.82, 2.24) is 14.8 Å². The van der Waals surface area contributed by atoms with Crippen molar-refractivity contribution < 1.29 is 9.59 Å². The molecule has 3 heterocycles. The van der Waals surface area contributed by atoms with Gasteiger partial charge in [-0.25, -0.2) is 0 Å². The molecule has 0 unspecified atom stereocenters. The molecule has 0 bridgehead atoms. The molecule has 0 spiro atoms. The van der Waals surface area contributed by atoms with Gasteiger partial charge < -0.3 is 14.8 Å². The molecule has 2 atom stereocenters. The summed E-state index contributed by atoms with van der Waals surface area (Å²) in [5, 5.41) is 1.72. The van der Waals surface area contributed by atoms with Gasteiger partial charge in [-0.05, 0) is 42.7 Å². The Balaban J connectivity index is 1.51. The van der Waals surface area contributed by atoms with Gasteiger partial charge in [0, 0.05) is 34.9 Å². The van der Waals surface area contributed by atoms with E-state index in [0.29, 0.717) is 18.1 Å². The molecule has 6 heteroatoms. The summed E-state index contributed by atoms with van der Waals surface area (Å²) in [5.74, 6) is -0.257. The van der Waals surface area contributed by atoms with Crippen LogP contribution < -0.4 is 0 Å². The number of halogens is 1. The summed E-state index contributed by atoms with van der Waals surface area (Å²) < 4.78 is 0.